The third-order valence-corrected chi connectivity index (χ3v) is 5.16. The molecule has 0 aliphatic carbocycles. The monoisotopic (exact) mass is 357 g/mol. The van der Waals surface area contributed by atoms with Crippen molar-refractivity contribution < 1.29 is 14.4 Å². The Kier molecular flexibility index (Phi) is 5.91. The summed E-state index contributed by atoms with van der Waals surface area (Å²) in [6, 6.07) is 7.55. The Morgan fingerprint density at radius 2 is 2.04 bits per heavy atom. The normalized spacial score (nSPS) is 23.0. The Balaban J connectivity index is 1.59. The van der Waals surface area contributed by atoms with Crippen LogP contribution in [0.3, 0.4) is 0 Å². The highest BCUT2D eigenvalue weighted by atomic mass is 16.2. The van der Waals surface area contributed by atoms with Crippen LogP contribution in [0.15, 0.2) is 24.3 Å². The third kappa shape index (κ3) is 4.23. The summed E-state index contributed by atoms with van der Waals surface area (Å²) < 4.78 is 0. The van der Waals surface area contributed by atoms with E-state index in [9.17, 15) is 14.4 Å². The molecule has 2 atom stereocenters. The van der Waals surface area contributed by atoms with Crippen LogP contribution in [0.25, 0.3) is 0 Å². The predicted octanol–water partition coefficient (Wildman–Crippen LogP) is 1.78. The SMILES string of the molecule is CCCCc1ccc(N2C[C@H](C(=O)N[C@H]3CCCNC3=O)CC2=O)cc1. The topological polar surface area (TPSA) is 78.5 Å². The van der Waals surface area contributed by atoms with Crippen molar-refractivity contribution in [1.29, 1.82) is 0 Å². The first-order valence-electron chi connectivity index (χ1n) is 9.56. The van der Waals surface area contributed by atoms with Crippen molar-refractivity contribution in [3.63, 3.8) is 0 Å². The highest BCUT2D eigenvalue weighted by molar-refractivity contribution is 6.01. The molecule has 3 amide bonds. The summed E-state index contributed by atoms with van der Waals surface area (Å²) in [6.45, 7) is 3.20. The van der Waals surface area contributed by atoms with Gasteiger partial charge in [0.1, 0.15) is 6.04 Å². The fourth-order valence-electron chi connectivity index (χ4n) is 3.56. The maximum absolute atomic E-state index is 12.5. The number of benzene rings is 1. The lowest BCUT2D eigenvalue weighted by Crippen LogP contribution is -2.51. The van der Waals surface area contributed by atoms with Gasteiger partial charge in [-0.3, -0.25) is 14.4 Å². The molecular weight excluding hydrogens is 330 g/mol. The zero-order valence-corrected chi connectivity index (χ0v) is 15.3. The Morgan fingerprint density at radius 3 is 2.73 bits per heavy atom. The molecule has 0 radical (unpaired) electrons. The third-order valence-electron chi connectivity index (χ3n) is 5.16. The lowest BCUT2D eigenvalue weighted by atomic mass is 10.0. The van der Waals surface area contributed by atoms with E-state index >= 15 is 0 Å². The van der Waals surface area contributed by atoms with Crippen LogP contribution in [0.4, 0.5) is 5.69 Å². The lowest BCUT2D eigenvalue weighted by molar-refractivity contribution is -0.132. The van der Waals surface area contributed by atoms with Gasteiger partial charge in [-0.15, -0.1) is 0 Å². The highest BCUT2D eigenvalue weighted by Gasteiger charge is 2.36. The average Bonchev–Trinajstić information content (AvgIpc) is 3.04. The molecule has 2 aliphatic rings. The van der Waals surface area contributed by atoms with Gasteiger partial charge in [0.25, 0.3) is 0 Å². The molecule has 1 aromatic rings. The van der Waals surface area contributed by atoms with Gasteiger partial charge in [0.05, 0.1) is 5.92 Å². The number of rotatable bonds is 6. The van der Waals surface area contributed by atoms with Crippen LogP contribution in [0.5, 0.6) is 0 Å². The van der Waals surface area contributed by atoms with Gasteiger partial charge in [0.2, 0.25) is 17.7 Å². The molecule has 0 aromatic heterocycles. The van der Waals surface area contributed by atoms with Crippen molar-refractivity contribution in [3.05, 3.63) is 29.8 Å². The summed E-state index contributed by atoms with van der Waals surface area (Å²) in [5.74, 6) is -0.785. The standard InChI is InChI=1S/C20H27N3O3/c1-2-3-5-14-7-9-16(10-8-14)23-13-15(12-18(23)24)19(25)22-17-6-4-11-21-20(17)26/h7-10,15,17H,2-6,11-13H2,1H3,(H,21,26)(H,22,25)/t15-,17+/m1/s1. The summed E-state index contributed by atoms with van der Waals surface area (Å²) in [7, 11) is 0. The number of carbonyl (C=O) groups excluding carboxylic acids is 3. The van der Waals surface area contributed by atoms with Crippen LogP contribution < -0.4 is 15.5 Å². The first kappa shape index (κ1) is 18.4. The first-order valence-corrected chi connectivity index (χ1v) is 9.56. The van der Waals surface area contributed by atoms with E-state index in [-0.39, 0.29) is 24.1 Å². The van der Waals surface area contributed by atoms with Crippen molar-refractivity contribution in [2.75, 3.05) is 18.0 Å². The second-order valence-corrected chi connectivity index (χ2v) is 7.17. The fourth-order valence-corrected chi connectivity index (χ4v) is 3.56. The van der Waals surface area contributed by atoms with E-state index in [1.807, 2.05) is 12.1 Å². The molecule has 140 valence electrons. The molecule has 1 aromatic carbocycles. The second kappa shape index (κ2) is 8.34. The van der Waals surface area contributed by atoms with Gasteiger partial charge in [-0.2, -0.15) is 0 Å². The van der Waals surface area contributed by atoms with Crippen LogP contribution in [-0.2, 0) is 20.8 Å². The quantitative estimate of drug-likeness (QED) is 0.814. The Labute approximate surface area is 154 Å². The fraction of sp³-hybridized carbons (Fsp3) is 0.550. The molecule has 2 fully saturated rings. The number of anilines is 1. The van der Waals surface area contributed by atoms with E-state index in [2.05, 4.69) is 29.7 Å². The molecule has 0 unspecified atom stereocenters. The number of unbranched alkanes of at least 4 members (excludes halogenated alkanes) is 1. The van der Waals surface area contributed by atoms with Gasteiger partial charge >= 0.3 is 0 Å². The smallest absolute Gasteiger partial charge is 0.242 e. The van der Waals surface area contributed by atoms with Crippen molar-refractivity contribution >= 4 is 23.4 Å². The second-order valence-electron chi connectivity index (χ2n) is 7.17. The van der Waals surface area contributed by atoms with E-state index in [4.69, 9.17) is 0 Å². The summed E-state index contributed by atoms with van der Waals surface area (Å²) in [6.07, 6.45) is 5.05. The van der Waals surface area contributed by atoms with Gasteiger partial charge in [-0.25, -0.2) is 0 Å². The summed E-state index contributed by atoms with van der Waals surface area (Å²) in [5.41, 5.74) is 2.10. The predicted molar refractivity (Wildman–Crippen MR) is 99.7 cm³/mol. The summed E-state index contributed by atoms with van der Waals surface area (Å²) in [4.78, 5) is 38.3. The number of carbonyl (C=O) groups is 3. The van der Waals surface area contributed by atoms with E-state index in [0.717, 1.165) is 31.4 Å². The zero-order valence-electron chi connectivity index (χ0n) is 15.3. The van der Waals surface area contributed by atoms with E-state index in [1.165, 1.54) is 5.56 Å². The molecule has 2 N–H and O–H groups in total. The maximum Gasteiger partial charge on any atom is 0.242 e. The number of hydrogen-bond acceptors (Lipinski definition) is 3. The van der Waals surface area contributed by atoms with Crippen molar-refractivity contribution in [3.8, 4) is 0 Å². The molecule has 6 heteroatoms. The minimum Gasteiger partial charge on any atom is -0.354 e. The Bertz CT molecular complexity index is 671. The largest absolute Gasteiger partial charge is 0.354 e. The average molecular weight is 357 g/mol. The van der Waals surface area contributed by atoms with E-state index in [1.54, 1.807) is 4.90 Å². The molecule has 2 aliphatic heterocycles. The molecule has 6 nitrogen and oxygen atoms in total. The van der Waals surface area contributed by atoms with Crippen LogP contribution in [0, 0.1) is 5.92 Å². The number of hydrogen-bond donors (Lipinski definition) is 2. The van der Waals surface area contributed by atoms with Gasteiger partial charge in [0, 0.05) is 25.2 Å². The number of nitrogens with zero attached hydrogens (tertiary/aromatic N) is 1. The van der Waals surface area contributed by atoms with Gasteiger partial charge in [-0.1, -0.05) is 25.5 Å². The number of amides is 3. The molecule has 0 spiro atoms. The Morgan fingerprint density at radius 1 is 1.27 bits per heavy atom. The molecule has 26 heavy (non-hydrogen) atoms. The minimum atomic E-state index is -0.474. The molecule has 0 saturated carbocycles. The van der Waals surface area contributed by atoms with Crippen LogP contribution in [0.2, 0.25) is 0 Å². The van der Waals surface area contributed by atoms with Crippen LogP contribution >= 0.6 is 0 Å². The van der Waals surface area contributed by atoms with Gasteiger partial charge in [-0.05, 0) is 43.4 Å². The number of nitrogens with one attached hydrogen (secondary N) is 2. The Hall–Kier alpha value is -2.37. The zero-order chi connectivity index (χ0) is 18.5. The van der Waals surface area contributed by atoms with Crippen LogP contribution in [0.1, 0.15) is 44.6 Å². The molecule has 2 saturated heterocycles. The van der Waals surface area contributed by atoms with E-state index < -0.39 is 12.0 Å². The lowest BCUT2D eigenvalue weighted by Gasteiger charge is -2.24. The van der Waals surface area contributed by atoms with Crippen molar-refractivity contribution in [1.82, 2.24) is 10.6 Å². The maximum atomic E-state index is 12.5. The van der Waals surface area contributed by atoms with Gasteiger partial charge in [0.15, 0.2) is 0 Å². The molecular formula is C20H27N3O3. The first-order chi connectivity index (χ1) is 12.6. The summed E-state index contributed by atoms with van der Waals surface area (Å²) >= 11 is 0. The van der Waals surface area contributed by atoms with Crippen molar-refractivity contribution in [2.45, 2.75) is 51.5 Å². The summed E-state index contributed by atoms with van der Waals surface area (Å²) in [5, 5.41) is 5.57. The van der Waals surface area contributed by atoms with E-state index in [0.29, 0.717) is 19.5 Å². The number of aryl methyl sites for hydroxylation is 1. The molecule has 0 bridgehead atoms. The van der Waals surface area contributed by atoms with Crippen molar-refractivity contribution in [2.24, 2.45) is 5.92 Å². The molecule has 3 rings (SSSR count). The van der Waals surface area contributed by atoms with Crippen LogP contribution in [-0.4, -0.2) is 36.9 Å². The number of piperidine rings is 1. The van der Waals surface area contributed by atoms with Gasteiger partial charge < -0.3 is 15.5 Å². The highest BCUT2D eigenvalue weighted by Crippen LogP contribution is 2.26. The molecule has 2 heterocycles. The minimum absolute atomic E-state index is 0.0421.